The van der Waals surface area contributed by atoms with Gasteiger partial charge in [0.05, 0.1) is 5.60 Å². The van der Waals surface area contributed by atoms with Crippen molar-refractivity contribution in [3.05, 3.63) is 0 Å². The van der Waals surface area contributed by atoms with E-state index in [1.54, 1.807) is 0 Å². The van der Waals surface area contributed by atoms with E-state index in [2.05, 4.69) is 45.0 Å². The van der Waals surface area contributed by atoms with Crippen molar-refractivity contribution in [3.8, 4) is 11.5 Å². The third kappa shape index (κ3) is 7.46. The molecule has 0 radical (unpaired) electrons. The smallest absolute Gasteiger partial charge is 0.129 e. The molecule has 0 fully saturated rings. The van der Waals surface area contributed by atoms with Crippen LogP contribution in [0.15, 0.2) is 0 Å². The zero-order valence-electron chi connectivity index (χ0n) is 12.6. The van der Waals surface area contributed by atoms with Crippen molar-refractivity contribution < 1.29 is 5.11 Å². The predicted octanol–water partition coefficient (Wildman–Crippen LogP) is 4.59. The SMILES string of the molecule is CCCCC(O)(CCCC)C(Cl)C#C[Si](C)(C)C. The Labute approximate surface area is 119 Å². The monoisotopic (exact) mass is 288 g/mol. The van der Waals surface area contributed by atoms with Crippen molar-refractivity contribution in [2.45, 2.75) is 83.0 Å². The largest absolute Gasteiger partial charge is 0.387 e. The van der Waals surface area contributed by atoms with Crippen LogP contribution in [0.25, 0.3) is 0 Å². The lowest BCUT2D eigenvalue weighted by atomic mass is 9.88. The second-order valence-corrected chi connectivity index (χ2v) is 11.4. The highest BCUT2D eigenvalue weighted by molar-refractivity contribution is 6.83. The van der Waals surface area contributed by atoms with Gasteiger partial charge in [0.15, 0.2) is 0 Å². The highest BCUT2D eigenvalue weighted by Crippen LogP contribution is 2.28. The second-order valence-electron chi connectivity index (χ2n) is 6.19. The summed E-state index contributed by atoms with van der Waals surface area (Å²) >= 11 is 6.36. The van der Waals surface area contributed by atoms with E-state index in [9.17, 15) is 5.11 Å². The normalized spacial score (nSPS) is 13.9. The fraction of sp³-hybridized carbons (Fsp3) is 0.867. The molecule has 0 saturated carbocycles. The quantitative estimate of drug-likeness (QED) is 0.413. The Kier molecular flexibility index (Phi) is 8.26. The van der Waals surface area contributed by atoms with Crippen LogP contribution in [-0.2, 0) is 0 Å². The zero-order chi connectivity index (χ0) is 14.2. The van der Waals surface area contributed by atoms with E-state index in [1.807, 2.05) is 0 Å². The third-order valence-corrected chi connectivity index (χ3v) is 4.38. The van der Waals surface area contributed by atoms with Crippen LogP contribution in [0.1, 0.15) is 52.4 Å². The van der Waals surface area contributed by atoms with Gasteiger partial charge < -0.3 is 5.11 Å². The molecular formula is C15H29ClOSi. The third-order valence-electron chi connectivity index (χ3n) is 2.97. The lowest BCUT2D eigenvalue weighted by molar-refractivity contribution is 0.0267. The van der Waals surface area contributed by atoms with Crippen LogP contribution >= 0.6 is 11.6 Å². The molecule has 0 aromatic carbocycles. The zero-order valence-corrected chi connectivity index (χ0v) is 14.4. The molecule has 0 spiro atoms. The summed E-state index contributed by atoms with van der Waals surface area (Å²) in [5.74, 6) is 3.11. The van der Waals surface area contributed by atoms with Crippen LogP contribution in [0.2, 0.25) is 19.6 Å². The van der Waals surface area contributed by atoms with Crippen molar-refractivity contribution >= 4 is 19.7 Å². The highest BCUT2D eigenvalue weighted by atomic mass is 35.5. The number of rotatable bonds is 7. The van der Waals surface area contributed by atoms with E-state index in [1.165, 1.54) is 0 Å². The fourth-order valence-corrected chi connectivity index (χ4v) is 2.70. The van der Waals surface area contributed by atoms with Crippen LogP contribution in [-0.4, -0.2) is 24.2 Å². The number of halogens is 1. The maximum Gasteiger partial charge on any atom is 0.129 e. The molecule has 18 heavy (non-hydrogen) atoms. The molecule has 0 heterocycles. The summed E-state index contributed by atoms with van der Waals surface area (Å²) in [5.41, 5.74) is 2.47. The standard InChI is InChI=1S/C15H29ClOSi/c1-6-8-11-15(17,12-9-7-2)14(16)10-13-18(3,4)5/h14,17H,6-9,11-12H2,1-5H3. The number of alkyl halides is 1. The topological polar surface area (TPSA) is 20.2 Å². The summed E-state index contributed by atoms with van der Waals surface area (Å²) in [4.78, 5) is 0. The van der Waals surface area contributed by atoms with Gasteiger partial charge in [0.2, 0.25) is 0 Å². The fourth-order valence-electron chi connectivity index (χ4n) is 1.76. The van der Waals surface area contributed by atoms with Gasteiger partial charge in [0, 0.05) is 0 Å². The van der Waals surface area contributed by atoms with E-state index in [-0.39, 0.29) is 0 Å². The number of hydrogen-bond donors (Lipinski definition) is 1. The lowest BCUT2D eigenvalue weighted by Gasteiger charge is -2.30. The molecule has 0 aromatic heterocycles. The summed E-state index contributed by atoms with van der Waals surface area (Å²) in [7, 11) is -1.42. The maximum atomic E-state index is 10.7. The molecule has 0 amide bonds. The Bertz CT molecular complexity index is 277. The molecule has 0 aliphatic rings. The molecule has 1 unspecified atom stereocenters. The first-order valence-corrected chi connectivity index (χ1v) is 11.1. The van der Waals surface area contributed by atoms with Gasteiger partial charge in [0.1, 0.15) is 13.5 Å². The summed E-state index contributed by atoms with van der Waals surface area (Å²) in [6.45, 7) is 10.9. The van der Waals surface area contributed by atoms with E-state index in [0.29, 0.717) is 0 Å². The van der Waals surface area contributed by atoms with Crippen LogP contribution in [0, 0.1) is 11.5 Å². The number of hydrogen-bond acceptors (Lipinski definition) is 1. The van der Waals surface area contributed by atoms with Crippen molar-refractivity contribution in [3.63, 3.8) is 0 Å². The van der Waals surface area contributed by atoms with Gasteiger partial charge in [-0.05, 0) is 12.8 Å². The Morgan fingerprint density at radius 2 is 1.56 bits per heavy atom. The molecule has 0 rings (SSSR count). The lowest BCUT2D eigenvalue weighted by Crippen LogP contribution is -2.38. The van der Waals surface area contributed by atoms with Gasteiger partial charge in [-0.15, -0.1) is 17.1 Å². The van der Waals surface area contributed by atoms with Crippen LogP contribution in [0.4, 0.5) is 0 Å². The van der Waals surface area contributed by atoms with E-state index < -0.39 is 19.1 Å². The Hall–Kier alpha value is 0.0269. The molecule has 106 valence electrons. The molecule has 0 saturated heterocycles. The molecule has 0 bridgehead atoms. The average Bonchev–Trinajstić information content (AvgIpc) is 2.29. The Morgan fingerprint density at radius 3 is 1.89 bits per heavy atom. The van der Waals surface area contributed by atoms with Gasteiger partial charge in [-0.1, -0.05) is 65.1 Å². The van der Waals surface area contributed by atoms with Gasteiger partial charge >= 0.3 is 0 Å². The number of aliphatic hydroxyl groups is 1. The van der Waals surface area contributed by atoms with Crippen molar-refractivity contribution in [2.24, 2.45) is 0 Å². The van der Waals surface area contributed by atoms with E-state index in [4.69, 9.17) is 11.6 Å². The van der Waals surface area contributed by atoms with Gasteiger partial charge in [-0.25, -0.2) is 0 Å². The minimum atomic E-state index is -1.42. The molecule has 0 aliphatic carbocycles. The molecule has 1 N–H and O–H groups in total. The average molecular weight is 289 g/mol. The van der Waals surface area contributed by atoms with Crippen molar-refractivity contribution in [1.29, 1.82) is 0 Å². The summed E-state index contributed by atoms with van der Waals surface area (Å²) < 4.78 is 0. The Balaban J connectivity index is 4.75. The number of unbranched alkanes of at least 4 members (excludes halogenated alkanes) is 2. The van der Waals surface area contributed by atoms with Gasteiger partial charge in [0.25, 0.3) is 0 Å². The first-order valence-electron chi connectivity index (χ1n) is 7.14. The van der Waals surface area contributed by atoms with Crippen molar-refractivity contribution in [1.82, 2.24) is 0 Å². The first kappa shape index (κ1) is 18.0. The van der Waals surface area contributed by atoms with Crippen molar-refractivity contribution in [2.75, 3.05) is 0 Å². The molecule has 3 heteroatoms. The minimum Gasteiger partial charge on any atom is -0.387 e. The van der Waals surface area contributed by atoms with Crippen LogP contribution in [0.5, 0.6) is 0 Å². The minimum absolute atomic E-state index is 0.428. The highest BCUT2D eigenvalue weighted by Gasteiger charge is 2.33. The summed E-state index contributed by atoms with van der Waals surface area (Å²) in [6.07, 6.45) is 5.71. The summed E-state index contributed by atoms with van der Waals surface area (Å²) in [6, 6.07) is 0. The molecule has 1 atom stereocenters. The van der Waals surface area contributed by atoms with Gasteiger partial charge in [-0.2, -0.15) is 0 Å². The summed E-state index contributed by atoms with van der Waals surface area (Å²) in [5, 5.41) is 10.3. The van der Waals surface area contributed by atoms with Gasteiger partial charge in [-0.3, -0.25) is 0 Å². The van der Waals surface area contributed by atoms with E-state index in [0.717, 1.165) is 38.5 Å². The molecular weight excluding hydrogens is 260 g/mol. The first-order chi connectivity index (χ1) is 8.25. The molecule has 0 aromatic rings. The molecule has 0 aliphatic heterocycles. The van der Waals surface area contributed by atoms with E-state index >= 15 is 0 Å². The predicted molar refractivity (Wildman–Crippen MR) is 84.8 cm³/mol. The second kappa shape index (κ2) is 8.25. The maximum absolute atomic E-state index is 10.7. The van der Waals surface area contributed by atoms with Crippen LogP contribution in [0.3, 0.4) is 0 Å². The Morgan fingerprint density at radius 1 is 1.11 bits per heavy atom. The molecule has 1 nitrogen and oxygen atoms in total. The van der Waals surface area contributed by atoms with Crippen LogP contribution < -0.4 is 0 Å².